The Morgan fingerprint density at radius 1 is 1.11 bits per heavy atom. The van der Waals surface area contributed by atoms with E-state index in [2.05, 4.69) is 16.8 Å². The summed E-state index contributed by atoms with van der Waals surface area (Å²) in [5.41, 5.74) is 2.91. The Kier molecular flexibility index (Phi) is 8.04. The largest absolute Gasteiger partial charge is 0.492 e. The van der Waals surface area contributed by atoms with Gasteiger partial charge in [0.2, 0.25) is 0 Å². The summed E-state index contributed by atoms with van der Waals surface area (Å²) >= 11 is 1.19. The number of rotatable bonds is 9. The first-order valence-corrected chi connectivity index (χ1v) is 13.4. The number of carbonyl (C=O) groups is 1. The van der Waals surface area contributed by atoms with Gasteiger partial charge in [-0.2, -0.15) is 8.42 Å². The number of carbonyl (C=O) groups excluding carboxylic acids is 1. The van der Waals surface area contributed by atoms with Crippen LogP contribution < -0.4 is 10.2 Å². The van der Waals surface area contributed by atoms with Gasteiger partial charge in [0, 0.05) is 56.1 Å². The van der Waals surface area contributed by atoms with E-state index >= 15 is 0 Å². The molecule has 1 aromatic carbocycles. The molecule has 0 aliphatic carbocycles. The van der Waals surface area contributed by atoms with Crippen LogP contribution in [0.4, 0.5) is 0 Å². The van der Waals surface area contributed by atoms with E-state index in [1.807, 2.05) is 24.3 Å². The van der Waals surface area contributed by atoms with Gasteiger partial charge in [0.1, 0.15) is 16.6 Å². The number of hydrogen-bond acceptors (Lipinski definition) is 8. The van der Waals surface area contributed by atoms with Crippen molar-refractivity contribution in [1.29, 1.82) is 0 Å². The molecule has 1 aliphatic rings. The summed E-state index contributed by atoms with van der Waals surface area (Å²) in [7, 11) is -1.63. The van der Waals surface area contributed by atoms with E-state index in [1.54, 1.807) is 18.2 Å². The summed E-state index contributed by atoms with van der Waals surface area (Å²) in [6.07, 6.45) is 5.34. The SMILES string of the molecule is CN1CCN(CCOc2ccc(-c3ccc(S(=O)(=O)n4ccc(C=CC(=O)NO)c4)s3)cc2)CC1. The Bertz CT molecular complexity index is 1270. The van der Waals surface area contributed by atoms with Crippen molar-refractivity contribution in [2.45, 2.75) is 4.21 Å². The van der Waals surface area contributed by atoms with Crippen LogP contribution in [-0.2, 0) is 14.8 Å². The van der Waals surface area contributed by atoms with Crippen LogP contribution in [0, 0.1) is 0 Å². The van der Waals surface area contributed by atoms with Crippen molar-refractivity contribution in [2.75, 3.05) is 46.4 Å². The fourth-order valence-corrected chi connectivity index (χ4v) is 6.27. The van der Waals surface area contributed by atoms with E-state index in [-0.39, 0.29) is 4.21 Å². The van der Waals surface area contributed by atoms with Crippen molar-refractivity contribution in [3.8, 4) is 16.2 Å². The Labute approximate surface area is 208 Å². The molecule has 1 fully saturated rings. The Morgan fingerprint density at radius 2 is 1.86 bits per heavy atom. The lowest BCUT2D eigenvalue weighted by Gasteiger charge is -2.32. The smallest absolute Gasteiger partial charge is 0.277 e. The molecule has 11 heteroatoms. The predicted molar refractivity (Wildman–Crippen MR) is 135 cm³/mol. The third kappa shape index (κ3) is 6.38. The van der Waals surface area contributed by atoms with E-state index in [0.29, 0.717) is 12.2 Å². The molecule has 4 rings (SSSR count). The Morgan fingerprint density at radius 3 is 2.57 bits per heavy atom. The second-order valence-corrected chi connectivity index (χ2v) is 11.4. The van der Waals surface area contributed by atoms with Gasteiger partial charge in [-0.05, 0) is 66.7 Å². The number of amides is 1. The maximum absolute atomic E-state index is 13.0. The molecule has 0 bridgehead atoms. The lowest BCUT2D eigenvalue weighted by atomic mass is 10.2. The van der Waals surface area contributed by atoms with Gasteiger partial charge in [0.05, 0.1) is 0 Å². The molecule has 0 radical (unpaired) electrons. The molecular weight excluding hydrogens is 488 g/mol. The normalized spacial score (nSPS) is 15.5. The van der Waals surface area contributed by atoms with Crippen LogP contribution in [0.15, 0.2) is 65.1 Å². The number of piperazine rings is 1. The molecule has 0 atom stereocenters. The number of nitrogens with one attached hydrogen (secondary N) is 1. The minimum absolute atomic E-state index is 0.208. The monoisotopic (exact) mass is 516 g/mol. The van der Waals surface area contributed by atoms with Gasteiger partial charge in [0.15, 0.2) is 0 Å². The van der Waals surface area contributed by atoms with Crippen LogP contribution >= 0.6 is 11.3 Å². The summed E-state index contributed by atoms with van der Waals surface area (Å²) in [6, 6.07) is 12.6. The second kappa shape index (κ2) is 11.2. The van der Waals surface area contributed by atoms with Crippen LogP contribution in [-0.4, -0.2) is 79.7 Å². The average Bonchev–Trinajstić information content (AvgIpc) is 3.55. The van der Waals surface area contributed by atoms with Gasteiger partial charge in [0.25, 0.3) is 15.9 Å². The van der Waals surface area contributed by atoms with Crippen LogP contribution in [0.3, 0.4) is 0 Å². The van der Waals surface area contributed by atoms with E-state index < -0.39 is 15.9 Å². The second-order valence-electron chi connectivity index (χ2n) is 8.23. The summed E-state index contributed by atoms with van der Waals surface area (Å²) in [4.78, 5) is 16.7. The highest BCUT2D eigenvalue weighted by Gasteiger charge is 2.20. The van der Waals surface area contributed by atoms with E-state index in [4.69, 9.17) is 9.94 Å². The molecule has 0 saturated carbocycles. The summed E-state index contributed by atoms with van der Waals surface area (Å²) in [5.74, 6) is 0.0880. The van der Waals surface area contributed by atoms with Crippen molar-refractivity contribution in [2.24, 2.45) is 0 Å². The zero-order valence-corrected chi connectivity index (χ0v) is 21.0. The fourth-order valence-electron chi connectivity index (χ4n) is 3.65. The molecule has 1 amide bonds. The minimum Gasteiger partial charge on any atom is -0.492 e. The van der Waals surface area contributed by atoms with Gasteiger partial charge in [-0.15, -0.1) is 11.3 Å². The minimum atomic E-state index is -3.76. The number of hydroxylamine groups is 1. The number of thiophene rings is 1. The topological polar surface area (TPSA) is 104 Å². The molecule has 186 valence electrons. The van der Waals surface area contributed by atoms with Crippen molar-refractivity contribution < 1.29 is 23.2 Å². The number of nitrogens with zero attached hydrogens (tertiary/aromatic N) is 3. The highest BCUT2D eigenvalue weighted by atomic mass is 32.2. The first-order valence-electron chi connectivity index (χ1n) is 11.1. The number of aromatic nitrogens is 1. The van der Waals surface area contributed by atoms with E-state index in [0.717, 1.165) is 59.0 Å². The number of likely N-dealkylation sites (N-methyl/N-ethyl adjacent to an activating group) is 1. The highest BCUT2D eigenvalue weighted by molar-refractivity contribution is 7.92. The lowest BCUT2D eigenvalue weighted by molar-refractivity contribution is -0.124. The third-order valence-corrected chi connectivity index (χ3v) is 8.99. The summed E-state index contributed by atoms with van der Waals surface area (Å²) < 4.78 is 33.2. The first kappa shape index (κ1) is 25.1. The molecular formula is C24H28N4O5S2. The maximum atomic E-state index is 13.0. The molecule has 3 heterocycles. The molecule has 2 N–H and O–H groups in total. The maximum Gasteiger partial charge on any atom is 0.277 e. The van der Waals surface area contributed by atoms with Crippen molar-refractivity contribution in [3.63, 3.8) is 0 Å². The zero-order chi connectivity index (χ0) is 24.8. The van der Waals surface area contributed by atoms with Crippen LogP contribution in [0.1, 0.15) is 5.56 Å². The number of hydrogen-bond donors (Lipinski definition) is 2. The van der Waals surface area contributed by atoms with E-state index in [9.17, 15) is 13.2 Å². The van der Waals surface area contributed by atoms with Crippen LogP contribution in [0.25, 0.3) is 16.5 Å². The molecule has 9 nitrogen and oxygen atoms in total. The Balaban J connectivity index is 1.37. The molecule has 3 aromatic rings. The molecule has 1 aliphatic heterocycles. The third-order valence-electron chi connectivity index (χ3n) is 5.75. The molecule has 35 heavy (non-hydrogen) atoms. The average molecular weight is 517 g/mol. The quantitative estimate of drug-likeness (QED) is 0.256. The first-order chi connectivity index (χ1) is 16.8. The van der Waals surface area contributed by atoms with Gasteiger partial charge in [-0.1, -0.05) is 0 Å². The van der Waals surface area contributed by atoms with Crippen molar-refractivity contribution >= 4 is 33.3 Å². The Hall–Kier alpha value is -2.96. The molecule has 0 spiro atoms. The van der Waals surface area contributed by atoms with E-state index in [1.165, 1.54) is 35.3 Å². The molecule has 0 unspecified atom stereocenters. The number of benzene rings is 1. The highest BCUT2D eigenvalue weighted by Crippen LogP contribution is 2.33. The number of ether oxygens (including phenoxy) is 1. The molecule has 1 saturated heterocycles. The van der Waals surface area contributed by atoms with Gasteiger partial charge < -0.3 is 9.64 Å². The predicted octanol–water partition coefficient (Wildman–Crippen LogP) is 2.60. The van der Waals surface area contributed by atoms with Crippen LogP contribution in [0.5, 0.6) is 5.75 Å². The van der Waals surface area contributed by atoms with Crippen LogP contribution in [0.2, 0.25) is 0 Å². The fraction of sp³-hybridized carbons (Fsp3) is 0.292. The standard InChI is InChI=1S/C24H28N4O5S2/c1-26-12-14-27(15-13-26)16-17-33-21-5-3-20(4-6-21)22-7-9-24(34-22)35(31,32)28-11-10-19(18-28)2-8-23(29)25-30/h2-11,18,30H,12-17H2,1H3,(H,25,29). The van der Waals surface area contributed by atoms with Gasteiger partial charge >= 0.3 is 0 Å². The summed E-state index contributed by atoms with van der Waals surface area (Å²) in [6.45, 7) is 5.81. The lowest BCUT2D eigenvalue weighted by Crippen LogP contribution is -2.45. The van der Waals surface area contributed by atoms with Gasteiger partial charge in [-0.25, -0.2) is 9.45 Å². The van der Waals surface area contributed by atoms with Gasteiger partial charge in [-0.3, -0.25) is 14.9 Å². The van der Waals surface area contributed by atoms with Crippen molar-refractivity contribution in [3.05, 3.63) is 66.5 Å². The zero-order valence-electron chi connectivity index (χ0n) is 19.3. The van der Waals surface area contributed by atoms with Crippen molar-refractivity contribution in [1.82, 2.24) is 19.3 Å². The molecule has 2 aromatic heterocycles. The summed E-state index contributed by atoms with van der Waals surface area (Å²) in [5, 5.41) is 8.54.